The average molecular weight is 161 g/mol. The summed E-state index contributed by atoms with van der Waals surface area (Å²) in [6.07, 6.45) is 1.04. The molecule has 3 heteroatoms. The summed E-state index contributed by atoms with van der Waals surface area (Å²) in [5.41, 5.74) is 3.36. The molecule has 0 bridgehead atoms. The molecule has 2 rings (SSSR count). The van der Waals surface area contributed by atoms with Gasteiger partial charge in [0.05, 0.1) is 0 Å². The molecule has 0 amide bonds. The van der Waals surface area contributed by atoms with E-state index >= 15 is 0 Å². The van der Waals surface area contributed by atoms with Crippen LogP contribution < -0.4 is 5.32 Å². The van der Waals surface area contributed by atoms with Gasteiger partial charge in [-0.15, -0.1) is 0 Å². The van der Waals surface area contributed by atoms with E-state index in [-0.39, 0.29) is 0 Å². The molecule has 0 aliphatic carbocycles. The molecule has 0 saturated carbocycles. The maximum Gasteiger partial charge on any atom is 0.120 e. The molecule has 1 aromatic heterocycles. The van der Waals surface area contributed by atoms with Crippen molar-refractivity contribution in [3.05, 3.63) is 23.0 Å². The van der Waals surface area contributed by atoms with Gasteiger partial charge in [-0.2, -0.15) is 5.26 Å². The predicted octanol–water partition coefficient (Wildman–Crippen LogP) is 0.542. The third-order valence-electron chi connectivity index (χ3n) is 2.42. The minimum atomic E-state index is 0.767. The molecule has 3 nitrogen and oxygen atoms in total. The summed E-state index contributed by atoms with van der Waals surface area (Å²) in [6.45, 7) is 1.93. The molecule has 0 spiro atoms. The summed E-state index contributed by atoms with van der Waals surface area (Å²) < 4.78 is 2.00. The topological polar surface area (TPSA) is 40.8 Å². The summed E-state index contributed by atoms with van der Waals surface area (Å²) in [5.74, 6) is 0. The second-order valence-corrected chi connectivity index (χ2v) is 3.10. The van der Waals surface area contributed by atoms with Gasteiger partial charge in [-0.05, 0) is 11.6 Å². The van der Waals surface area contributed by atoms with Gasteiger partial charge >= 0.3 is 0 Å². The van der Waals surface area contributed by atoms with Crippen LogP contribution in [0.25, 0.3) is 0 Å². The Bertz CT molecular complexity index is 343. The molecule has 0 fully saturated rings. The van der Waals surface area contributed by atoms with Crippen LogP contribution in [0.3, 0.4) is 0 Å². The molecule has 1 N–H and O–H groups in total. The van der Waals surface area contributed by atoms with Crippen molar-refractivity contribution >= 4 is 0 Å². The normalized spacial score (nSPS) is 15.3. The zero-order chi connectivity index (χ0) is 8.55. The van der Waals surface area contributed by atoms with Crippen molar-refractivity contribution in [3.63, 3.8) is 0 Å². The Hall–Kier alpha value is -1.27. The molecule has 1 aromatic rings. The Labute approximate surface area is 71.6 Å². The second-order valence-electron chi connectivity index (χ2n) is 3.10. The fourth-order valence-electron chi connectivity index (χ4n) is 1.72. The van der Waals surface area contributed by atoms with Gasteiger partial charge in [0.1, 0.15) is 11.8 Å². The fourth-order valence-corrected chi connectivity index (χ4v) is 1.72. The van der Waals surface area contributed by atoms with Crippen LogP contribution in [0.5, 0.6) is 0 Å². The van der Waals surface area contributed by atoms with E-state index in [0.29, 0.717) is 0 Å². The monoisotopic (exact) mass is 161 g/mol. The van der Waals surface area contributed by atoms with E-state index in [1.165, 1.54) is 11.3 Å². The van der Waals surface area contributed by atoms with E-state index in [1.54, 1.807) is 0 Å². The van der Waals surface area contributed by atoms with Crippen LogP contribution in [0.1, 0.15) is 17.0 Å². The smallest absolute Gasteiger partial charge is 0.120 e. The SMILES string of the molecule is Cn1c(C#N)cc2c1CCNC2. The van der Waals surface area contributed by atoms with Crippen LogP contribution in [0.4, 0.5) is 0 Å². The molecule has 0 atom stereocenters. The Morgan fingerprint density at radius 3 is 3.17 bits per heavy atom. The van der Waals surface area contributed by atoms with Crippen LogP contribution in [0.15, 0.2) is 6.07 Å². The number of nitrogens with one attached hydrogen (secondary N) is 1. The van der Waals surface area contributed by atoms with Crippen LogP contribution in [-0.2, 0) is 20.0 Å². The lowest BCUT2D eigenvalue weighted by Gasteiger charge is -2.14. The number of fused-ring (bicyclic) bond motifs is 1. The summed E-state index contributed by atoms with van der Waals surface area (Å²) in [5, 5.41) is 12.1. The number of aromatic nitrogens is 1. The molecule has 2 heterocycles. The van der Waals surface area contributed by atoms with E-state index in [1.807, 2.05) is 17.7 Å². The van der Waals surface area contributed by atoms with Crippen LogP contribution >= 0.6 is 0 Å². The maximum atomic E-state index is 8.78. The molecular formula is C9H11N3. The lowest BCUT2D eigenvalue weighted by molar-refractivity contribution is 0.617. The Kier molecular flexibility index (Phi) is 1.63. The van der Waals surface area contributed by atoms with E-state index in [2.05, 4.69) is 11.4 Å². The third kappa shape index (κ3) is 0.926. The van der Waals surface area contributed by atoms with Gasteiger partial charge in [-0.1, -0.05) is 0 Å². The van der Waals surface area contributed by atoms with Crippen molar-refractivity contribution in [3.8, 4) is 6.07 Å². The lowest BCUT2D eigenvalue weighted by atomic mass is 10.1. The number of hydrogen-bond donors (Lipinski definition) is 1. The standard InChI is InChI=1S/C9H11N3/c1-12-8(5-10)4-7-6-11-3-2-9(7)12/h4,11H,2-3,6H2,1H3. The molecule has 0 unspecified atom stereocenters. The Morgan fingerprint density at radius 2 is 2.50 bits per heavy atom. The van der Waals surface area contributed by atoms with E-state index < -0.39 is 0 Å². The first-order valence-electron chi connectivity index (χ1n) is 4.11. The highest BCUT2D eigenvalue weighted by molar-refractivity contribution is 5.35. The van der Waals surface area contributed by atoms with Gasteiger partial charge in [0.15, 0.2) is 0 Å². The highest BCUT2D eigenvalue weighted by atomic mass is 15.0. The molecule has 1 aliphatic rings. The van der Waals surface area contributed by atoms with Crippen LogP contribution in [-0.4, -0.2) is 11.1 Å². The predicted molar refractivity (Wildman–Crippen MR) is 45.5 cm³/mol. The molecule has 62 valence electrons. The number of nitriles is 1. The number of hydrogen-bond acceptors (Lipinski definition) is 2. The minimum Gasteiger partial charge on any atom is -0.339 e. The van der Waals surface area contributed by atoms with Crippen molar-refractivity contribution in [1.29, 1.82) is 5.26 Å². The molecule has 0 radical (unpaired) electrons. The highest BCUT2D eigenvalue weighted by Gasteiger charge is 2.14. The Balaban J connectivity index is 2.53. The van der Waals surface area contributed by atoms with Crippen molar-refractivity contribution < 1.29 is 0 Å². The molecular weight excluding hydrogens is 150 g/mol. The first-order valence-corrected chi connectivity index (χ1v) is 4.11. The molecule has 1 aliphatic heterocycles. The number of nitrogens with zero attached hydrogens (tertiary/aromatic N) is 2. The third-order valence-corrected chi connectivity index (χ3v) is 2.42. The largest absolute Gasteiger partial charge is 0.339 e. The van der Waals surface area contributed by atoms with Crippen molar-refractivity contribution in [2.24, 2.45) is 7.05 Å². The summed E-state index contributed by atoms with van der Waals surface area (Å²) in [4.78, 5) is 0. The van der Waals surface area contributed by atoms with Gasteiger partial charge in [-0.3, -0.25) is 0 Å². The molecule has 0 aromatic carbocycles. The first-order chi connectivity index (χ1) is 5.83. The van der Waals surface area contributed by atoms with E-state index in [4.69, 9.17) is 5.26 Å². The highest BCUT2D eigenvalue weighted by Crippen LogP contribution is 2.17. The van der Waals surface area contributed by atoms with E-state index in [9.17, 15) is 0 Å². The summed E-state index contributed by atoms with van der Waals surface area (Å²) in [7, 11) is 1.96. The Morgan fingerprint density at radius 1 is 1.67 bits per heavy atom. The summed E-state index contributed by atoms with van der Waals surface area (Å²) >= 11 is 0. The van der Waals surface area contributed by atoms with Gasteiger partial charge in [0.2, 0.25) is 0 Å². The maximum absolute atomic E-state index is 8.78. The van der Waals surface area contributed by atoms with Gasteiger partial charge in [-0.25, -0.2) is 0 Å². The summed E-state index contributed by atoms with van der Waals surface area (Å²) in [6, 6.07) is 4.16. The lowest BCUT2D eigenvalue weighted by Crippen LogP contribution is -2.24. The fraction of sp³-hybridized carbons (Fsp3) is 0.444. The first kappa shape index (κ1) is 7.38. The van der Waals surface area contributed by atoms with E-state index in [0.717, 1.165) is 25.2 Å². The number of rotatable bonds is 0. The van der Waals surface area contributed by atoms with Gasteiger partial charge in [0, 0.05) is 32.3 Å². The van der Waals surface area contributed by atoms with Crippen LogP contribution in [0, 0.1) is 11.3 Å². The minimum absolute atomic E-state index is 0.767. The quantitative estimate of drug-likeness (QED) is 0.603. The zero-order valence-corrected chi connectivity index (χ0v) is 7.09. The van der Waals surface area contributed by atoms with Crippen molar-refractivity contribution in [2.45, 2.75) is 13.0 Å². The zero-order valence-electron chi connectivity index (χ0n) is 7.09. The average Bonchev–Trinajstić information content (AvgIpc) is 2.44. The second kappa shape index (κ2) is 2.65. The molecule has 0 saturated heterocycles. The van der Waals surface area contributed by atoms with Crippen molar-refractivity contribution in [2.75, 3.05) is 6.54 Å². The van der Waals surface area contributed by atoms with Crippen molar-refractivity contribution in [1.82, 2.24) is 9.88 Å². The molecule has 12 heavy (non-hydrogen) atoms. The van der Waals surface area contributed by atoms with Crippen LogP contribution in [0.2, 0.25) is 0 Å². The van der Waals surface area contributed by atoms with Gasteiger partial charge < -0.3 is 9.88 Å². The van der Waals surface area contributed by atoms with Gasteiger partial charge in [0.25, 0.3) is 0 Å².